The summed E-state index contributed by atoms with van der Waals surface area (Å²) in [4.78, 5) is 72.9. The molecule has 3 N–H and O–H groups in total. The lowest BCUT2D eigenvalue weighted by molar-refractivity contribution is -0.161. The summed E-state index contributed by atoms with van der Waals surface area (Å²) >= 11 is 0. The number of aliphatic hydroxyl groups excluding tert-OH is 1. The minimum atomic E-state index is -4.96. The van der Waals surface area contributed by atoms with Crippen LogP contribution in [0.5, 0.6) is 0 Å². The van der Waals surface area contributed by atoms with E-state index in [9.17, 15) is 43.2 Å². The highest BCUT2D eigenvalue weighted by Crippen LogP contribution is 2.45. The van der Waals surface area contributed by atoms with Crippen LogP contribution in [0.2, 0.25) is 0 Å². The third-order valence-electron chi connectivity index (χ3n) is 18.3. The second-order valence-electron chi connectivity index (χ2n) is 28.6. The van der Waals surface area contributed by atoms with E-state index in [2.05, 4.69) is 34.6 Å². The number of carbonyl (C=O) groups excluding carboxylic acids is 4. The number of carbonyl (C=O) groups is 4. The van der Waals surface area contributed by atoms with E-state index in [4.69, 9.17) is 37.0 Å². The molecule has 97 heavy (non-hydrogen) atoms. The van der Waals surface area contributed by atoms with Gasteiger partial charge in [-0.2, -0.15) is 0 Å². The first kappa shape index (κ1) is 95.1. The van der Waals surface area contributed by atoms with Crippen LogP contribution in [0.3, 0.4) is 0 Å². The maximum Gasteiger partial charge on any atom is 0.472 e. The average molecular weight is 1420 g/mol. The van der Waals surface area contributed by atoms with Crippen molar-refractivity contribution in [1.82, 2.24) is 0 Å². The molecule has 0 aromatic heterocycles. The van der Waals surface area contributed by atoms with E-state index in [0.717, 1.165) is 95.8 Å². The van der Waals surface area contributed by atoms with E-state index >= 15 is 0 Å². The van der Waals surface area contributed by atoms with E-state index in [-0.39, 0.29) is 25.7 Å². The number of rotatable bonds is 78. The van der Waals surface area contributed by atoms with E-state index < -0.39 is 97.5 Å². The average Bonchev–Trinajstić information content (AvgIpc) is 3.61. The molecule has 2 unspecified atom stereocenters. The molecule has 0 amide bonds. The summed E-state index contributed by atoms with van der Waals surface area (Å²) in [6.07, 6.45) is 60.8. The van der Waals surface area contributed by atoms with Gasteiger partial charge >= 0.3 is 39.5 Å². The normalized spacial score (nSPS) is 13.9. The van der Waals surface area contributed by atoms with Gasteiger partial charge in [-0.15, -0.1) is 0 Å². The highest BCUT2D eigenvalue weighted by Gasteiger charge is 2.30. The first-order chi connectivity index (χ1) is 47.0. The Hall–Kier alpha value is -1.94. The lowest BCUT2D eigenvalue weighted by Gasteiger charge is -2.21. The SMILES string of the molecule is CCCCCCCCCCCCCCCCC(=O)OC[C@H](COP(=O)(O)OC[C@@H](O)COP(=O)(O)OC[C@@H](COC(=O)CCCCCCCCCCCCCCC)OC(=O)CCCCCCCCCCCCCCC)OC(=O)CCCCCCCCCCCCCCCCC(C)C. The van der Waals surface area contributed by atoms with Crippen LogP contribution < -0.4 is 0 Å². The summed E-state index contributed by atoms with van der Waals surface area (Å²) in [5, 5.41) is 10.6. The Balaban J connectivity index is 5.26. The van der Waals surface area contributed by atoms with Crippen LogP contribution in [0.25, 0.3) is 0 Å². The molecule has 17 nitrogen and oxygen atoms in total. The van der Waals surface area contributed by atoms with Gasteiger partial charge in [-0.05, 0) is 31.6 Å². The molecule has 0 aliphatic rings. The molecule has 0 saturated heterocycles. The summed E-state index contributed by atoms with van der Waals surface area (Å²) in [5.41, 5.74) is 0. The lowest BCUT2D eigenvalue weighted by atomic mass is 10.0. The standard InChI is InChI=1S/C78H152O17P2/c1-6-9-12-15-18-21-24-27-33-37-42-47-52-57-62-76(81)89-68-74(95-78(83)64-59-54-49-44-39-34-29-28-32-35-40-45-50-55-60-71(4)5)70-93-97(86,87)91-66-72(79)65-90-96(84,85)92-69-73(94-77(82)63-58-53-48-43-38-31-26-23-20-17-14-11-8-3)67-88-75(80)61-56-51-46-41-36-30-25-22-19-16-13-10-7-2/h71-74,79H,6-70H2,1-5H3,(H,84,85)(H,86,87)/t72-,73+,74+/m0/s1. The number of hydrogen-bond donors (Lipinski definition) is 3. The Morgan fingerprint density at radius 1 is 0.278 bits per heavy atom. The predicted octanol–water partition coefficient (Wildman–Crippen LogP) is 23.3. The van der Waals surface area contributed by atoms with Crippen molar-refractivity contribution in [2.45, 2.75) is 432 Å². The maximum absolute atomic E-state index is 13.1. The van der Waals surface area contributed by atoms with Crippen molar-refractivity contribution in [2.75, 3.05) is 39.6 Å². The van der Waals surface area contributed by atoms with Gasteiger partial charge in [0.2, 0.25) is 0 Å². The molecule has 576 valence electrons. The van der Waals surface area contributed by atoms with E-state index in [1.807, 2.05) is 0 Å². The smallest absolute Gasteiger partial charge is 0.462 e. The molecule has 0 rings (SSSR count). The van der Waals surface area contributed by atoms with Crippen molar-refractivity contribution >= 4 is 39.5 Å². The molecular formula is C78H152O17P2. The van der Waals surface area contributed by atoms with Gasteiger partial charge in [0.05, 0.1) is 26.4 Å². The van der Waals surface area contributed by atoms with Gasteiger partial charge in [0.1, 0.15) is 19.3 Å². The Kier molecular flexibility index (Phi) is 69.6. The second-order valence-corrected chi connectivity index (χ2v) is 31.5. The van der Waals surface area contributed by atoms with Gasteiger partial charge in [-0.1, -0.05) is 362 Å². The monoisotopic (exact) mass is 1420 g/mol. The summed E-state index contributed by atoms with van der Waals surface area (Å²) in [6.45, 7) is 7.34. The van der Waals surface area contributed by atoms with Gasteiger partial charge in [0.25, 0.3) is 0 Å². The van der Waals surface area contributed by atoms with Crippen LogP contribution >= 0.6 is 15.6 Å². The first-order valence-corrected chi connectivity index (χ1v) is 43.6. The molecule has 5 atom stereocenters. The molecule has 0 fully saturated rings. The van der Waals surface area contributed by atoms with Crippen LogP contribution in [-0.4, -0.2) is 96.7 Å². The number of phosphoric ester groups is 2. The number of esters is 4. The molecule has 0 bridgehead atoms. The second kappa shape index (κ2) is 71.1. The summed E-state index contributed by atoms with van der Waals surface area (Å²) < 4.78 is 68.6. The molecular weight excluding hydrogens is 1270 g/mol. The Morgan fingerprint density at radius 2 is 0.474 bits per heavy atom. The zero-order valence-electron chi connectivity index (χ0n) is 63.2. The Morgan fingerprint density at radius 3 is 0.701 bits per heavy atom. The summed E-state index contributed by atoms with van der Waals surface area (Å²) in [7, 11) is -9.91. The van der Waals surface area contributed by atoms with Crippen molar-refractivity contribution < 1.29 is 80.2 Å². The molecule has 0 aliphatic carbocycles. The van der Waals surface area contributed by atoms with Crippen LogP contribution in [0.15, 0.2) is 0 Å². The zero-order valence-corrected chi connectivity index (χ0v) is 65.0. The van der Waals surface area contributed by atoms with Crippen LogP contribution in [-0.2, 0) is 65.4 Å². The number of phosphoric acid groups is 2. The molecule has 19 heteroatoms. The fourth-order valence-corrected chi connectivity index (χ4v) is 13.6. The molecule has 0 aliphatic heterocycles. The Labute approximate surface area is 594 Å². The molecule has 0 saturated carbocycles. The lowest BCUT2D eigenvalue weighted by Crippen LogP contribution is -2.30. The summed E-state index contributed by atoms with van der Waals surface area (Å²) in [6, 6.07) is 0. The van der Waals surface area contributed by atoms with Crippen molar-refractivity contribution in [3.05, 3.63) is 0 Å². The third kappa shape index (κ3) is 72.2. The predicted molar refractivity (Wildman–Crippen MR) is 395 cm³/mol. The fraction of sp³-hybridized carbons (Fsp3) is 0.949. The van der Waals surface area contributed by atoms with Crippen molar-refractivity contribution in [2.24, 2.45) is 5.92 Å². The van der Waals surface area contributed by atoms with Gasteiger partial charge in [-0.3, -0.25) is 37.3 Å². The molecule has 0 heterocycles. The molecule has 0 aromatic rings. The molecule has 0 spiro atoms. The van der Waals surface area contributed by atoms with E-state index in [1.165, 1.54) is 238 Å². The van der Waals surface area contributed by atoms with Gasteiger partial charge in [0.15, 0.2) is 12.2 Å². The van der Waals surface area contributed by atoms with E-state index in [1.54, 1.807) is 0 Å². The third-order valence-corrected chi connectivity index (χ3v) is 20.2. The molecule has 0 radical (unpaired) electrons. The van der Waals surface area contributed by atoms with Crippen LogP contribution in [0, 0.1) is 5.92 Å². The minimum absolute atomic E-state index is 0.108. The van der Waals surface area contributed by atoms with Crippen molar-refractivity contribution in [3.63, 3.8) is 0 Å². The number of hydrogen-bond acceptors (Lipinski definition) is 15. The minimum Gasteiger partial charge on any atom is -0.462 e. The Bertz CT molecular complexity index is 1860. The van der Waals surface area contributed by atoms with Crippen LogP contribution in [0.4, 0.5) is 0 Å². The van der Waals surface area contributed by atoms with E-state index in [0.29, 0.717) is 25.7 Å². The van der Waals surface area contributed by atoms with Crippen LogP contribution in [0.1, 0.15) is 413 Å². The van der Waals surface area contributed by atoms with Gasteiger partial charge in [0, 0.05) is 25.7 Å². The van der Waals surface area contributed by atoms with Gasteiger partial charge < -0.3 is 33.8 Å². The zero-order chi connectivity index (χ0) is 71.2. The summed E-state index contributed by atoms with van der Waals surface area (Å²) in [5.74, 6) is -1.31. The largest absolute Gasteiger partial charge is 0.472 e. The fourth-order valence-electron chi connectivity index (χ4n) is 12.1. The highest BCUT2D eigenvalue weighted by molar-refractivity contribution is 7.47. The first-order valence-electron chi connectivity index (χ1n) is 40.6. The number of aliphatic hydroxyl groups is 1. The van der Waals surface area contributed by atoms with Crippen molar-refractivity contribution in [1.29, 1.82) is 0 Å². The quantitative estimate of drug-likeness (QED) is 0.0222. The number of unbranched alkanes of at least 4 members (excludes halogenated alkanes) is 50. The van der Waals surface area contributed by atoms with Crippen molar-refractivity contribution in [3.8, 4) is 0 Å². The van der Waals surface area contributed by atoms with Gasteiger partial charge in [-0.25, -0.2) is 9.13 Å². The number of ether oxygens (including phenoxy) is 4. The highest BCUT2D eigenvalue weighted by atomic mass is 31.2. The topological polar surface area (TPSA) is 237 Å². The maximum atomic E-state index is 13.1. The molecule has 0 aromatic carbocycles.